The number of nitrogens with one attached hydrogen (secondary N) is 3. The normalized spacial score (nSPS) is 17.5. The average Bonchev–Trinajstić information content (AvgIpc) is 3.34. The number of hydrogen-bond donors (Lipinski definition) is 3. The van der Waals surface area contributed by atoms with Gasteiger partial charge in [0.25, 0.3) is 0 Å². The molecule has 2 fully saturated rings. The van der Waals surface area contributed by atoms with Gasteiger partial charge < -0.3 is 15.6 Å². The average molecular weight is 541 g/mol. The standard InChI is InChI=1S/C15H17F3N4O2.C6H10F2.C3H4F2/c1-9(23)19-8-13-21-11-3-2-10(6-12(11)22-13)7-20-14(24)4-5-15(16,17)18;7-6(8)4-2-1-3-5-6;4-3(5)1-2-3/h2-3,6H,4-5,7-8H2,1H3,(H,19,23)(H,20,24)(H,21,22);1-5H2;1-2H2. The molecule has 2 aromatic rings. The number of imidazole rings is 1. The van der Waals surface area contributed by atoms with E-state index in [9.17, 15) is 40.3 Å². The first kappa shape index (κ1) is 30.4. The number of carbonyl (C=O) groups is 2. The molecule has 0 saturated heterocycles. The van der Waals surface area contributed by atoms with Gasteiger partial charge in [0, 0.05) is 45.6 Å². The van der Waals surface area contributed by atoms with Crippen LogP contribution in [0.5, 0.6) is 0 Å². The van der Waals surface area contributed by atoms with Gasteiger partial charge in [-0.1, -0.05) is 12.5 Å². The number of carbonyl (C=O) groups excluding carboxylic acids is 2. The van der Waals surface area contributed by atoms with Crippen LogP contribution < -0.4 is 10.6 Å². The van der Waals surface area contributed by atoms with Gasteiger partial charge in [-0.15, -0.1) is 0 Å². The number of aromatic nitrogens is 2. The van der Waals surface area contributed by atoms with E-state index in [0.717, 1.165) is 17.5 Å². The van der Waals surface area contributed by atoms with Gasteiger partial charge in [0.2, 0.25) is 23.7 Å². The Hall–Kier alpha value is -2.86. The van der Waals surface area contributed by atoms with E-state index in [1.165, 1.54) is 6.92 Å². The molecule has 0 spiro atoms. The molecule has 1 heterocycles. The number of aromatic amines is 1. The Morgan fingerprint density at radius 2 is 1.54 bits per heavy atom. The number of nitrogens with zero attached hydrogens (tertiary/aromatic N) is 1. The molecule has 13 heteroatoms. The van der Waals surface area contributed by atoms with Gasteiger partial charge in [0.1, 0.15) is 5.82 Å². The van der Waals surface area contributed by atoms with E-state index in [2.05, 4.69) is 20.6 Å². The molecule has 0 radical (unpaired) electrons. The summed E-state index contributed by atoms with van der Waals surface area (Å²) in [7, 11) is 0. The van der Waals surface area contributed by atoms with Crippen LogP contribution in [0.25, 0.3) is 11.0 Å². The highest BCUT2D eigenvalue weighted by molar-refractivity contribution is 5.78. The maximum absolute atomic E-state index is 12.2. The third-order valence-electron chi connectivity index (χ3n) is 5.44. The highest BCUT2D eigenvalue weighted by Gasteiger charge is 2.43. The molecule has 1 aromatic carbocycles. The van der Waals surface area contributed by atoms with Gasteiger partial charge in [0.05, 0.1) is 24.0 Å². The van der Waals surface area contributed by atoms with Gasteiger partial charge in [0.15, 0.2) is 0 Å². The molecule has 0 aliphatic heterocycles. The van der Waals surface area contributed by atoms with E-state index in [-0.39, 0.29) is 44.7 Å². The minimum absolute atomic E-state index is 0.118. The summed E-state index contributed by atoms with van der Waals surface area (Å²) < 4.78 is 82.8. The van der Waals surface area contributed by atoms with E-state index in [0.29, 0.717) is 24.2 Å². The molecule has 0 atom stereocenters. The number of alkyl halides is 7. The molecule has 2 aliphatic carbocycles. The van der Waals surface area contributed by atoms with Crippen molar-refractivity contribution in [2.75, 3.05) is 0 Å². The van der Waals surface area contributed by atoms with Crippen LogP contribution in [0, 0.1) is 0 Å². The summed E-state index contributed by atoms with van der Waals surface area (Å²) in [6.07, 6.45) is -3.16. The summed E-state index contributed by atoms with van der Waals surface area (Å²) in [5.41, 5.74) is 2.15. The zero-order valence-electron chi connectivity index (χ0n) is 20.4. The number of benzene rings is 1. The predicted molar refractivity (Wildman–Crippen MR) is 123 cm³/mol. The summed E-state index contributed by atoms with van der Waals surface area (Å²) in [5.74, 6) is -4.80. The van der Waals surface area contributed by atoms with Gasteiger partial charge >= 0.3 is 6.18 Å². The summed E-state index contributed by atoms with van der Waals surface area (Å²) in [6, 6.07) is 5.22. The van der Waals surface area contributed by atoms with Crippen LogP contribution in [0.4, 0.5) is 30.7 Å². The fourth-order valence-corrected chi connectivity index (χ4v) is 3.22. The van der Waals surface area contributed by atoms with Crippen molar-refractivity contribution in [1.29, 1.82) is 0 Å². The van der Waals surface area contributed by atoms with Crippen LogP contribution in [0.2, 0.25) is 0 Å². The van der Waals surface area contributed by atoms with Gasteiger partial charge in [-0.2, -0.15) is 13.2 Å². The lowest BCUT2D eigenvalue weighted by atomic mass is 9.97. The molecule has 4 rings (SSSR count). The number of halogens is 7. The summed E-state index contributed by atoms with van der Waals surface area (Å²) >= 11 is 0. The first-order chi connectivity index (χ1) is 17.1. The summed E-state index contributed by atoms with van der Waals surface area (Å²) in [6.45, 7) is 1.81. The Labute approximate surface area is 209 Å². The Kier molecular flexibility index (Phi) is 10.7. The number of H-pyrrole nitrogens is 1. The molecular formula is C24H31F7N4O2. The monoisotopic (exact) mass is 540 g/mol. The van der Waals surface area contributed by atoms with Crippen molar-refractivity contribution in [2.45, 2.75) is 95.8 Å². The topological polar surface area (TPSA) is 86.9 Å². The molecule has 2 amide bonds. The molecule has 3 N–H and O–H groups in total. The third-order valence-corrected chi connectivity index (χ3v) is 5.44. The van der Waals surface area contributed by atoms with Crippen LogP contribution in [-0.2, 0) is 22.7 Å². The van der Waals surface area contributed by atoms with Crippen LogP contribution in [0.3, 0.4) is 0 Å². The summed E-state index contributed by atoms with van der Waals surface area (Å²) in [5, 5.41) is 5.07. The second-order valence-electron chi connectivity index (χ2n) is 9.11. The van der Waals surface area contributed by atoms with Gasteiger partial charge in [-0.25, -0.2) is 22.5 Å². The molecular weight excluding hydrogens is 509 g/mol. The third kappa shape index (κ3) is 13.3. The fourth-order valence-electron chi connectivity index (χ4n) is 3.22. The smallest absolute Gasteiger partial charge is 0.352 e. The number of fused-ring (bicyclic) bond motifs is 1. The van der Waals surface area contributed by atoms with E-state index < -0.39 is 36.8 Å². The van der Waals surface area contributed by atoms with Gasteiger partial charge in [-0.05, 0) is 30.5 Å². The Morgan fingerprint density at radius 3 is 2.03 bits per heavy atom. The van der Waals surface area contributed by atoms with E-state index in [1.54, 1.807) is 18.2 Å². The largest absolute Gasteiger partial charge is 0.389 e. The first-order valence-electron chi connectivity index (χ1n) is 12.0. The predicted octanol–water partition coefficient (Wildman–Crippen LogP) is 6.16. The number of amides is 2. The zero-order chi connectivity index (χ0) is 27.7. The van der Waals surface area contributed by atoms with E-state index in [1.807, 2.05) is 0 Å². The second kappa shape index (κ2) is 13.1. The molecule has 6 nitrogen and oxygen atoms in total. The number of rotatable bonds is 6. The van der Waals surface area contributed by atoms with Crippen molar-refractivity contribution < 1.29 is 40.3 Å². The van der Waals surface area contributed by atoms with Crippen molar-refractivity contribution in [3.8, 4) is 0 Å². The Bertz CT molecular complexity index is 1020. The second-order valence-corrected chi connectivity index (χ2v) is 9.11. The molecule has 37 heavy (non-hydrogen) atoms. The minimum Gasteiger partial charge on any atom is -0.352 e. The zero-order valence-corrected chi connectivity index (χ0v) is 20.4. The maximum Gasteiger partial charge on any atom is 0.389 e. The molecule has 208 valence electrons. The highest BCUT2D eigenvalue weighted by atomic mass is 19.4. The minimum atomic E-state index is -4.34. The van der Waals surface area contributed by atoms with Crippen LogP contribution >= 0.6 is 0 Å². The van der Waals surface area contributed by atoms with E-state index in [4.69, 9.17) is 0 Å². The molecule has 1 aromatic heterocycles. The van der Waals surface area contributed by atoms with Crippen molar-refractivity contribution >= 4 is 22.8 Å². The maximum atomic E-state index is 12.2. The summed E-state index contributed by atoms with van der Waals surface area (Å²) in [4.78, 5) is 29.6. The Balaban J connectivity index is 0.000000298. The SMILES string of the molecule is CC(=O)NCc1nc2ccc(CNC(=O)CCC(F)(F)F)cc2[nH]1.FC1(F)CC1.FC1(F)CCCCC1. The quantitative estimate of drug-likeness (QED) is 0.384. The van der Waals surface area contributed by atoms with E-state index >= 15 is 0 Å². The molecule has 2 saturated carbocycles. The van der Waals surface area contributed by atoms with Crippen molar-refractivity contribution in [1.82, 2.24) is 20.6 Å². The van der Waals surface area contributed by atoms with Crippen LogP contribution in [-0.4, -0.2) is 39.8 Å². The lowest BCUT2D eigenvalue weighted by molar-refractivity contribution is -0.144. The van der Waals surface area contributed by atoms with Crippen molar-refractivity contribution in [3.05, 3.63) is 29.6 Å². The molecule has 0 unspecified atom stereocenters. The fraction of sp³-hybridized carbons (Fsp3) is 0.625. The van der Waals surface area contributed by atoms with Gasteiger partial charge in [-0.3, -0.25) is 9.59 Å². The van der Waals surface area contributed by atoms with Crippen molar-refractivity contribution in [3.63, 3.8) is 0 Å². The van der Waals surface area contributed by atoms with Crippen LogP contribution in [0.15, 0.2) is 18.2 Å². The molecule has 0 bridgehead atoms. The number of hydrogen-bond acceptors (Lipinski definition) is 3. The lowest BCUT2D eigenvalue weighted by Gasteiger charge is -2.20. The first-order valence-corrected chi connectivity index (χ1v) is 12.0. The highest BCUT2D eigenvalue weighted by Crippen LogP contribution is 2.40. The Morgan fingerprint density at radius 1 is 0.946 bits per heavy atom. The van der Waals surface area contributed by atoms with Crippen LogP contribution in [0.1, 0.15) is 76.1 Å². The molecule has 2 aliphatic rings. The lowest BCUT2D eigenvalue weighted by Crippen LogP contribution is -2.24. The van der Waals surface area contributed by atoms with Crippen molar-refractivity contribution in [2.24, 2.45) is 0 Å².